The smallest absolute Gasteiger partial charge is 0.243 e. The number of piperidine rings is 1. The van der Waals surface area contributed by atoms with Crippen LogP contribution in [-0.4, -0.2) is 29.3 Å². The maximum Gasteiger partial charge on any atom is 0.243 e. The Balaban J connectivity index is 1.83. The van der Waals surface area contributed by atoms with E-state index in [1.807, 2.05) is 6.07 Å². The Bertz CT molecular complexity index is 605. The predicted octanol–water partition coefficient (Wildman–Crippen LogP) is 1.13. The number of benzene rings is 1. The molecule has 1 saturated heterocycles. The summed E-state index contributed by atoms with van der Waals surface area (Å²) in [5, 5.41) is 2.33. The average Bonchev–Trinajstić information content (AvgIpc) is 2.83. The number of carbonyl (C=O) groups excluding carboxylic acids is 2. The van der Waals surface area contributed by atoms with Crippen molar-refractivity contribution in [2.45, 2.75) is 43.6 Å². The first-order chi connectivity index (χ1) is 10.6. The molecular weight excluding hydrogens is 298 g/mol. The summed E-state index contributed by atoms with van der Waals surface area (Å²) in [6.07, 6.45) is 2.85. The minimum absolute atomic E-state index is 0.100. The molecule has 2 aliphatic rings. The van der Waals surface area contributed by atoms with Gasteiger partial charge in [0.15, 0.2) is 0 Å². The summed E-state index contributed by atoms with van der Waals surface area (Å²) in [4.78, 5) is 25.5. The van der Waals surface area contributed by atoms with Crippen molar-refractivity contribution in [1.29, 1.82) is 0 Å². The third-order valence-corrected chi connectivity index (χ3v) is 5.08. The number of nitrogens with zero attached hydrogens (tertiary/aromatic N) is 1. The Labute approximate surface area is 135 Å². The van der Waals surface area contributed by atoms with Crippen molar-refractivity contribution in [1.82, 2.24) is 10.2 Å². The SMILES string of the molecule is NCCCc1cccc2c1CN(C1CCC(=O)NC1=O)C2S. The van der Waals surface area contributed by atoms with Gasteiger partial charge >= 0.3 is 0 Å². The van der Waals surface area contributed by atoms with Crippen molar-refractivity contribution in [3.8, 4) is 0 Å². The number of nitrogens with one attached hydrogen (secondary N) is 1. The second-order valence-electron chi connectivity index (χ2n) is 5.89. The molecule has 0 aliphatic carbocycles. The molecule has 0 spiro atoms. The normalized spacial score (nSPS) is 25.2. The molecule has 0 radical (unpaired) electrons. The molecule has 1 fully saturated rings. The summed E-state index contributed by atoms with van der Waals surface area (Å²) in [5.41, 5.74) is 9.34. The van der Waals surface area contributed by atoms with Gasteiger partial charge < -0.3 is 5.73 Å². The minimum Gasteiger partial charge on any atom is -0.330 e. The Kier molecular flexibility index (Phi) is 4.52. The summed E-state index contributed by atoms with van der Waals surface area (Å²) in [5.74, 6) is -0.385. The number of carbonyl (C=O) groups is 2. The molecule has 2 amide bonds. The average molecular weight is 319 g/mol. The van der Waals surface area contributed by atoms with Gasteiger partial charge in [0, 0.05) is 13.0 Å². The lowest BCUT2D eigenvalue weighted by atomic mass is 10.00. The van der Waals surface area contributed by atoms with Gasteiger partial charge in [0.25, 0.3) is 0 Å². The van der Waals surface area contributed by atoms with Crippen LogP contribution in [0.4, 0.5) is 0 Å². The van der Waals surface area contributed by atoms with Crippen molar-refractivity contribution in [2.24, 2.45) is 5.73 Å². The van der Waals surface area contributed by atoms with Crippen molar-refractivity contribution in [3.05, 3.63) is 34.9 Å². The van der Waals surface area contributed by atoms with Crippen LogP contribution in [0.15, 0.2) is 18.2 Å². The number of rotatable bonds is 4. The molecule has 6 heteroatoms. The number of fused-ring (bicyclic) bond motifs is 1. The molecule has 0 saturated carbocycles. The molecular formula is C16H21N3O2S. The van der Waals surface area contributed by atoms with Crippen molar-refractivity contribution in [3.63, 3.8) is 0 Å². The molecule has 0 aromatic heterocycles. The summed E-state index contributed by atoms with van der Waals surface area (Å²) >= 11 is 4.71. The zero-order valence-electron chi connectivity index (χ0n) is 12.4. The van der Waals surface area contributed by atoms with E-state index in [4.69, 9.17) is 18.4 Å². The Hall–Kier alpha value is -1.37. The molecule has 3 rings (SSSR count). The molecule has 1 aromatic rings. The van der Waals surface area contributed by atoms with E-state index in [-0.39, 0.29) is 23.2 Å². The number of hydrogen-bond donors (Lipinski definition) is 3. The highest BCUT2D eigenvalue weighted by Crippen LogP contribution is 2.40. The summed E-state index contributed by atoms with van der Waals surface area (Å²) in [6.45, 7) is 1.38. The van der Waals surface area contributed by atoms with Gasteiger partial charge in [-0.2, -0.15) is 12.6 Å². The van der Waals surface area contributed by atoms with Crippen LogP contribution in [0.5, 0.6) is 0 Å². The zero-order chi connectivity index (χ0) is 15.7. The van der Waals surface area contributed by atoms with Gasteiger partial charge in [-0.05, 0) is 42.5 Å². The quantitative estimate of drug-likeness (QED) is 0.574. The van der Waals surface area contributed by atoms with Gasteiger partial charge in [0.2, 0.25) is 11.8 Å². The lowest BCUT2D eigenvalue weighted by Crippen LogP contribution is -2.51. The number of aryl methyl sites for hydroxylation is 1. The standard InChI is InChI=1S/C16H21N3O2S/c17-8-2-4-10-3-1-5-11-12(10)9-19(16(11)22)13-6-7-14(20)18-15(13)21/h1,3,5,13,16,22H,2,4,6-9,17H2,(H,18,20,21). The number of nitrogens with two attached hydrogens (primary N) is 1. The number of imide groups is 1. The van der Waals surface area contributed by atoms with E-state index in [2.05, 4.69) is 22.3 Å². The van der Waals surface area contributed by atoms with E-state index in [1.165, 1.54) is 16.7 Å². The van der Waals surface area contributed by atoms with E-state index in [0.29, 0.717) is 25.9 Å². The van der Waals surface area contributed by atoms with Crippen LogP contribution in [0.2, 0.25) is 0 Å². The highest BCUT2D eigenvalue weighted by Gasteiger charge is 2.39. The first-order valence-electron chi connectivity index (χ1n) is 7.70. The lowest BCUT2D eigenvalue weighted by Gasteiger charge is -2.32. The molecule has 1 aromatic carbocycles. The maximum absolute atomic E-state index is 12.1. The molecule has 3 N–H and O–H groups in total. The number of amides is 2. The largest absolute Gasteiger partial charge is 0.330 e. The number of thiol groups is 1. The maximum atomic E-state index is 12.1. The molecule has 2 heterocycles. The Morgan fingerprint density at radius 1 is 1.36 bits per heavy atom. The van der Waals surface area contributed by atoms with Crippen LogP contribution in [0.25, 0.3) is 0 Å². The highest BCUT2D eigenvalue weighted by atomic mass is 32.1. The van der Waals surface area contributed by atoms with Crippen molar-refractivity contribution >= 4 is 24.4 Å². The molecule has 2 unspecified atom stereocenters. The third kappa shape index (κ3) is 2.78. The van der Waals surface area contributed by atoms with Gasteiger partial charge in [-0.25, -0.2) is 0 Å². The fourth-order valence-electron chi connectivity index (χ4n) is 3.34. The fourth-order valence-corrected chi connectivity index (χ4v) is 3.83. The van der Waals surface area contributed by atoms with Crippen LogP contribution in [-0.2, 0) is 22.6 Å². The van der Waals surface area contributed by atoms with Crippen LogP contribution < -0.4 is 11.1 Å². The third-order valence-electron chi connectivity index (χ3n) is 4.50. The zero-order valence-corrected chi connectivity index (χ0v) is 13.3. The van der Waals surface area contributed by atoms with E-state index >= 15 is 0 Å². The Morgan fingerprint density at radius 2 is 2.18 bits per heavy atom. The van der Waals surface area contributed by atoms with E-state index in [0.717, 1.165) is 12.8 Å². The first-order valence-corrected chi connectivity index (χ1v) is 8.21. The molecule has 22 heavy (non-hydrogen) atoms. The second kappa shape index (κ2) is 6.40. The van der Waals surface area contributed by atoms with Crippen molar-refractivity contribution in [2.75, 3.05) is 6.54 Å². The lowest BCUT2D eigenvalue weighted by molar-refractivity contribution is -0.137. The molecule has 118 valence electrons. The number of hydrogen-bond acceptors (Lipinski definition) is 5. The molecule has 2 atom stereocenters. The van der Waals surface area contributed by atoms with E-state index in [1.54, 1.807) is 0 Å². The topological polar surface area (TPSA) is 75.4 Å². The Morgan fingerprint density at radius 3 is 2.91 bits per heavy atom. The summed E-state index contributed by atoms with van der Waals surface area (Å²) in [6, 6.07) is 5.96. The first kappa shape index (κ1) is 15.5. The van der Waals surface area contributed by atoms with Crippen LogP contribution in [0.3, 0.4) is 0 Å². The predicted molar refractivity (Wildman–Crippen MR) is 87.3 cm³/mol. The summed E-state index contributed by atoms with van der Waals surface area (Å²) < 4.78 is 0. The van der Waals surface area contributed by atoms with Crippen LogP contribution in [0, 0.1) is 0 Å². The minimum atomic E-state index is -0.282. The van der Waals surface area contributed by atoms with Gasteiger partial charge in [-0.1, -0.05) is 18.2 Å². The van der Waals surface area contributed by atoms with Gasteiger partial charge in [-0.3, -0.25) is 19.8 Å². The van der Waals surface area contributed by atoms with Crippen LogP contribution in [0.1, 0.15) is 41.3 Å². The molecule has 2 aliphatic heterocycles. The van der Waals surface area contributed by atoms with E-state index in [9.17, 15) is 9.59 Å². The van der Waals surface area contributed by atoms with Crippen LogP contribution >= 0.6 is 12.6 Å². The van der Waals surface area contributed by atoms with Gasteiger partial charge in [-0.15, -0.1) is 0 Å². The molecule has 0 bridgehead atoms. The van der Waals surface area contributed by atoms with Crippen molar-refractivity contribution < 1.29 is 9.59 Å². The monoisotopic (exact) mass is 319 g/mol. The van der Waals surface area contributed by atoms with Gasteiger partial charge in [0.1, 0.15) is 0 Å². The van der Waals surface area contributed by atoms with Gasteiger partial charge in [0.05, 0.1) is 11.4 Å². The highest BCUT2D eigenvalue weighted by molar-refractivity contribution is 7.80. The summed E-state index contributed by atoms with van der Waals surface area (Å²) in [7, 11) is 0. The van der Waals surface area contributed by atoms with E-state index < -0.39 is 0 Å². The fraction of sp³-hybridized carbons (Fsp3) is 0.500. The second-order valence-corrected chi connectivity index (χ2v) is 6.38. The molecule has 5 nitrogen and oxygen atoms in total.